The molecule has 0 atom stereocenters. The summed E-state index contributed by atoms with van der Waals surface area (Å²) in [5, 5.41) is 8.75. The molecule has 1 aromatic carbocycles. The number of rotatable bonds is 6. The van der Waals surface area contributed by atoms with Crippen LogP contribution in [0.5, 0.6) is 0 Å². The van der Waals surface area contributed by atoms with Crippen LogP contribution in [-0.4, -0.2) is 16.9 Å². The zero-order valence-electron chi connectivity index (χ0n) is 12.6. The van der Waals surface area contributed by atoms with E-state index in [0.717, 1.165) is 22.3 Å². The van der Waals surface area contributed by atoms with Crippen LogP contribution in [0.4, 0.5) is 0 Å². The van der Waals surface area contributed by atoms with Gasteiger partial charge in [0.2, 0.25) is 0 Å². The molecule has 3 heteroatoms. The number of benzene rings is 1. The van der Waals surface area contributed by atoms with E-state index in [1.54, 1.807) is 19.1 Å². The Morgan fingerprint density at radius 3 is 2.38 bits per heavy atom. The molecule has 3 nitrogen and oxygen atoms in total. The van der Waals surface area contributed by atoms with Gasteiger partial charge in [-0.05, 0) is 43.5 Å². The summed E-state index contributed by atoms with van der Waals surface area (Å²) in [4.78, 5) is 22.6. The number of carbonyl (C=O) groups excluding carboxylic acids is 1. The molecule has 1 N–H and O–H groups in total. The Kier molecular flexibility index (Phi) is 5.85. The van der Waals surface area contributed by atoms with Gasteiger partial charge in [-0.3, -0.25) is 9.59 Å². The number of carboxylic acid groups (broad SMARTS) is 1. The first-order chi connectivity index (χ1) is 9.86. The normalized spacial score (nSPS) is 12.1. The summed E-state index contributed by atoms with van der Waals surface area (Å²) in [5.74, 6) is -1.53. The third kappa shape index (κ3) is 4.56. The molecule has 0 aliphatic heterocycles. The first-order valence-electron chi connectivity index (χ1n) is 6.71. The van der Waals surface area contributed by atoms with Gasteiger partial charge in [-0.2, -0.15) is 0 Å². The maximum Gasteiger partial charge on any atom is 0.311 e. The van der Waals surface area contributed by atoms with Crippen LogP contribution in [0.25, 0.3) is 5.57 Å². The van der Waals surface area contributed by atoms with Crippen LogP contribution in [0.1, 0.15) is 31.4 Å². The summed E-state index contributed by atoms with van der Waals surface area (Å²) >= 11 is 0. The highest BCUT2D eigenvalue weighted by molar-refractivity contribution is 6.08. The van der Waals surface area contributed by atoms with Crippen molar-refractivity contribution >= 4 is 17.3 Å². The van der Waals surface area contributed by atoms with E-state index in [-0.39, 0.29) is 0 Å². The maximum absolute atomic E-state index is 11.9. The van der Waals surface area contributed by atoms with Gasteiger partial charge in [0.1, 0.15) is 6.42 Å². The van der Waals surface area contributed by atoms with E-state index in [4.69, 9.17) is 5.11 Å². The summed E-state index contributed by atoms with van der Waals surface area (Å²) < 4.78 is 0. The van der Waals surface area contributed by atoms with Gasteiger partial charge in [0.15, 0.2) is 5.78 Å². The van der Waals surface area contributed by atoms with E-state index in [1.807, 2.05) is 38.1 Å². The molecule has 0 aliphatic rings. The molecule has 0 spiro atoms. The predicted octanol–water partition coefficient (Wildman–Crippen LogP) is 3.94. The molecule has 0 unspecified atom stereocenters. The van der Waals surface area contributed by atoms with Crippen molar-refractivity contribution in [3.8, 4) is 0 Å². The summed E-state index contributed by atoms with van der Waals surface area (Å²) in [5.41, 5.74) is 4.13. The van der Waals surface area contributed by atoms with Crippen LogP contribution < -0.4 is 0 Å². The lowest BCUT2D eigenvalue weighted by Crippen LogP contribution is -2.08. The van der Waals surface area contributed by atoms with E-state index in [1.165, 1.54) is 0 Å². The van der Waals surface area contributed by atoms with Gasteiger partial charge in [0, 0.05) is 5.57 Å². The van der Waals surface area contributed by atoms with Crippen molar-refractivity contribution in [1.29, 1.82) is 0 Å². The van der Waals surface area contributed by atoms with Crippen LogP contribution in [0, 0.1) is 6.92 Å². The number of hydrogen-bond acceptors (Lipinski definition) is 2. The van der Waals surface area contributed by atoms with E-state index in [2.05, 4.69) is 6.58 Å². The van der Waals surface area contributed by atoms with Crippen LogP contribution in [0.3, 0.4) is 0 Å². The average Bonchev–Trinajstić information content (AvgIpc) is 2.40. The molecule has 0 saturated carbocycles. The number of allylic oxidation sites excluding steroid dienone is 5. The first kappa shape index (κ1) is 16.6. The van der Waals surface area contributed by atoms with Crippen molar-refractivity contribution < 1.29 is 14.7 Å². The van der Waals surface area contributed by atoms with Gasteiger partial charge in [0.05, 0.1) is 0 Å². The molecule has 0 fully saturated rings. The van der Waals surface area contributed by atoms with Gasteiger partial charge >= 0.3 is 5.97 Å². The number of aliphatic carboxylic acids is 1. The topological polar surface area (TPSA) is 54.4 Å². The minimum absolute atomic E-state index is 0.388. The Hall–Kier alpha value is -2.42. The van der Waals surface area contributed by atoms with Crippen molar-refractivity contribution in [3.63, 3.8) is 0 Å². The number of hydrogen-bond donors (Lipinski definition) is 1. The lowest BCUT2D eigenvalue weighted by molar-refractivity contribution is -0.139. The molecule has 110 valence electrons. The SMILES string of the molecule is C=C(C)/C(=C\C(=C/C)C(=O)CC(=O)O)c1ccccc1C. The highest BCUT2D eigenvalue weighted by Crippen LogP contribution is 2.26. The fraction of sp³-hybridized carbons (Fsp3) is 0.222. The van der Waals surface area contributed by atoms with Crippen molar-refractivity contribution in [2.75, 3.05) is 0 Å². The Morgan fingerprint density at radius 1 is 1.29 bits per heavy atom. The Morgan fingerprint density at radius 2 is 1.90 bits per heavy atom. The zero-order valence-corrected chi connectivity index (χ0v) is 12.6. The highest BCUT2D eigenvalue weighted by Gasteiger charge is 2.13. The molecule has 1 rings (SSSR count). The molecule has 0 aliphatic carbocycles. The van der Waals surface area contributed by atoms with E-state index < -0.39 is 18.2 Å². The third-order valence-electron chi connectivity index (χ3n) is 3.14. The molecular formula is C18H20O3. The van der Waals surface area contributed by atoms with Crippen molar-refractivity contribution in [2.45, 2.75) is 27.2 Å². The molecule has 0 aromatic heterocycles. The molecular weight excluding hydrogens is 264 g/mol. The second-order valence-electron chi connectivity index (χ2n) is 4.89. The molecule has 0 saturated heterocycles. The largest absolute Gasteiger partial charge is 0.481 e. The van der Waals surface area contributed by atoms with Crippen molar-refractivity contribution in [3.05, 3.63) is 65.3 Å². The van der Waals surface area contributed by atoms with E-state index >= 15 is 0 Å². The molecule has 0 bridgehead atoms. The minimum Gasteiger partial charge on any atom is -0.481 e. The van der Waals surface area contributed by atoms with Gasteiger partial charge in [-0.15, -0.1) is 0 Å². The lowest BCUT2D eigenvalue weighted by Gasteiger charge is -2.11. The molecule has 0 radical (unpaired) electrons. The summed E-state index contributed by atoms with van der Waals surface area (Å²) in [6, 6.07) is 7.82. The van der Waals surface area contributed by atoms with Crippen molar-refractivity contribution in [1.82, 2.24) is 0 Å². The lowest BCUT2D eigenvalue weighted by atomic mass is 9.93. The predicted molar refractivity (Wildman–Crippen MR) is 85.0 cm³/mol. The smallest absolute Gasteiger partial charge is 0.311 e. The quantitative estimate of drug-likeness (QED) is 0.489. The van der Waals surface area contributed by atoms with Gasteiger partial charge < -0.3 is 5.11 Å². The zero-order chi connectivity index (χ0) is 16.0. The summed E-state index contributed by atoms with van der Waals surface area (Å²) in [7, 11) is 0. The number of carboxylic acids is 1. The number of aryl methyl sites for hydroxylation is 1. The number of ketones is 1. The maximum atomic E-state index is 11.9. The number of Topliss-reactive ketones (excluding diaryl/α,β-unsaturated/α-hetero) is 1. The number of carbonyl (C=O) groups is 2. The standard InChI is InChI=1S/C18H20O3/c1-5-14(17(19)11-18(20)21)10-16(12(2)3)15-9-7-6-8-13(15)4/h5-10H,2,11H2,1,3-4H3,(H,20,21)/b14-5+,16-10+. The molecule has 0 heterocycles. The second kappa shape index (κ2) is 7.39. The van der Waals surface area contributed by atoms with E-state index in [9.17, 15) is 9.59 Å². The van der Waals surface area contributed by atoms with Gasteiger partial charge in [-0.1, -0.05) is 42.5 Å². The van der Waals surface area contributed by atoms with Gasteiger partial charge in [-0.25, -0.2) is 0 Å². The second-order valence-corrected chi connectivity index (χ2v) is 4.89. The van der Waals surface area contributed by atoms with Gasteiger partial charge in [0.25, 0.3) is 0 Å². The van der Waals surface area contributed by atoms with Crippen LogP contribution in [0.2, 0.25) is 0 Å². The van der Waals surface area contributed by atoms with Crippen LogP contribution >= 0.6 is 0 Å². The average molecular weight is 284 g/mol. The molecule has 21 heavy (non-hydrogen) atoms. The Balaban J connectivity index is 3.28. The fourth-order valence-electron chi connectivity index (χ4n) is 2.03. The van der Waals surface area contributed by atoms with E-state index in [0.29, 0.717) is 5.57 Å². The molecule has 0 amide bonds. The monoisotopic (exact) mass is 284 g/mol. The van der Waals surface area contributed by atoms with Crippen LogP contribution in [0.15, 0.2) is 54.1 Å². The first-order valence-corrected chi connectivity index (χ1v) is 6.71. The highest BCUT2D eigenvalue weighted by atomic mass is 16.4. The summed E-state index contributed by atoms with van der Waals surface area (Å²) in [6.45, 7) is 9.53. The summed E-state index contributed by atoms with van der Waals surface area (Å²) in [6.07, 6.45) is 2.84. The van der Waals surface area contributed by atoms with Crippen LogP contribution in [-0.2, 0) is 9.59 Å². The Labute approximate surface area is 125 Å². The Bertz CT molecular complexity index is 634. The third-order valence-corrected chi connectivity index (χ3v) is 3.14. The fourth-order valence-corrected chi connectivity index (χ4v) is 2.03. The molecule has 1 aromatic rings. The van der Waals surface area contributed by atoms with Crippen molar-refractivity contribution in [2.24, 2.45) is 0 Å². The minimum atomic E-state index is -1.12.